The summed E-state index contributed by atoms with van der Waals surface area (Å²) in [7, 11) is 0. The molecule has 0 saturated carbocycles. The van der Waals surface area contributed by atoms with Gasteiger partial charge in [0.05, 0.1) is 6.61 Å². The molecule has 0 aliphatic heterocycles. The summed E-state index contributed by atoms with van der Waals surface area (Å²) in [5, 5.41) is 9.07. The van der Waals surface area contributed by atoms with Crippen molar-refractivity contribution in [3.63, 3.8) is 0 Å². The van der Waals surface area contributed by atoms with E-state index in [1.807, 2.05) is 0 Å². The molecule has 0 amide bonds. The van der Waals surface area contributed by atoms with Gasteiger partial charge in [-0.3, -0.25) is 0 Å². The number of aliphatic hydroxyl groups excluding tert-OH is 1. The van der Waals surface area contributed by atoms with Gasteiger partial charge in [-0.15, -0.1) is 0 Å². The van der Waals surface area contributed by atoms with Crippen LogP contribution < -0.4 is 0 Å². The first kappa shape index (κ1) is 10.2. The molecule has 1 N–H and O–H groups in total. The van der Waals surface area contributed by atoms with Crippen LogP contribution in [-0.4, -0.2) is 11.7 Å². The van der Waals surface area contributed by atoms with Crippen molar-refractivity contribution < 1.29 is 9.50 Å². The van der Waals surface area contributed by atoms with Crippen molar-refractivity contribution in [1.29, 1.82) is 0 Å². The predicted molar refractivity (Wildman–Crippen MR) is 52.2 cm³/mol. The van der Waals surface area contributed by atoms with Crippen LogP contribution in [0.1, 0.15) is 12.5 Å². The molecule has 0 unspecified atom stereocenters. The van der Waals surface area contributed by atoms with Crippen LogP contribution in [0.4, 0.5) is 4.39 Å². The zero-order valence-electron chi connectivity index (χ0n) is 7.22. The van der Waals surface area contributed by atoms with E-state index in [1.165, 1.54) is 0 Å². The minimum absolute atomic E-state index is 0.383. The van der Waals surface area contributed by atoms with Crippen LogP contribution in [0.25, 0.3) is 5.57 Å². The highest BCUT2D eigenvalue weighted by Gasteiger charge is 2.06. The molecule has 0 fully saturated rings. The first-order valence-corrected chi connectivity index (χ1v) is 4.25. The Balaban J connectivity index is 3.16. The van der Waals surface area contributed by atoms with E-state index < -0.39 is 12.4 Å². The van der Waals surface area contributed by atoms with E-state index in [4.69, 9.17) is 16.7 Å². The molecule has 0 spiro atoms. The van der Waals surface area contributed by atoms with Crippen LogP contribution in [0, 0.1) is 0 Å². The highest BCUT2D eigenvalue weighted by Crippen LogP contribution is 2.25. The quantitative estimate of drug-likeness (QED) is 0.778. The molecular weight excluding hydrogens is 191 g/mol. The topological polar surface area (TPSA) is 20.2 Å². The Labute approximate surface area is 81.5 Å². The van der Waals surface area contributed by atoms with Gasteiger partial charge in [-0.25, -0.2) is 4.39 Å². The summed E-state index contributed by atoms with van der Waals surface area (Å²) in [6, 6.07) is 6.95. The van der Waals surface area contributed by atoms with Crippen LogP contribution >= 0.6 is 11.6 Å². The van der Waals surface area contributed by atoms with Crippen molar-refractivity contribution in [3.8, 4) is 0 Å². The molecule has 1 nitrogen and oxygen atoms in total. The van der Waals surface area contributed by atoms with Gasteiger partial charge < -0.3 is 5.11 Å². The van der Waals surface area contributed by atoms with E-state index in [0.717, 1.165) is 0 Å². The van der Waals surface area contributed by atoms with Gasteiger partial charge in [0.1, 0.15) is 5.83 Å². The maximum Gasteiger partial charge on any atom is 0.129 e. The average Bonchev–Trinajstić information content (AvgIpc) is 2.16. The van der Waals surface area contributed by atoms with Gasteiger partial charge in [-0.1, -0.05) is 29.8 Å². The maximum absolute atomic E-state index is 13.0. The SMILES string of the molecule is C/C(=C(/F)CO)c1ccccc1Cl. The highest BCUT2D eigenvalue weighted by atomic mass is 35.5. The third-order valence-corrected chi connectivity index (χ3v) is 2.15. The molecule has 3 heteroatoms. The average molecular weight is 201 g/mol. The first-order valence-electron chi connectivity index (χ1n) is 3.88. The first-order chi connectivity index (χ1) is 6.16. The Morgan fingerprint density at radius 3 is 2.62 bits per heavy atom. The molecule has 0 heterocycles. The van der Waals surface area contributed by atoms with E-state index in [1.54, 1.807) is 31.2 Å². The van der Waals surface area contributed by atoms with Crippen molar-refractivity contribution in [2.24, 2.45) is 0 Å². The van der Waals surface area contributed by atoms with Crippen LogP contribution in [0.15, 0.2) is 30.1 Å². The van der Waals surface area contributed by atoms with Crippen molar-refractivity contribution in [3.05, 3.63) is 40.7 Å². The summed E-state index contributed by atoms with van der Waals surface area (Å²) < 4.78 is 13.0. The summed E-state index contributed by atoms with van der Waals surface area (Å²) in [5.41, 5.74) is 1.00. The van der Waals surface area contributed by atoms with Gasteiger partial charge in [0.15, 0.2) is 0 Å². The monoisotopic (exact) mass is 200 g/mol. The number of halogens is 2. The highest BCUT2D eigenvalue weighted by molar-refractivity contribution is 6.32. The summed E-state index contributed by atoms with van der Waals surface area (Å²) in [5.74, 6) is -0.548. The third kappa shape index (κ3) is 2.29. The van der Waals surface area contributed by atoms with E-state index in [2.05, 4.69) is 0 Å². The van der Waals surface area contributed by atoms with Crippen molar-refractivity contribution in [2.75, 3.05) is 6.61 Å². The van der Waals surface area contributed by atoms with Gasteiger partial charge >= 0.3 is 0 Å². The van der Waals surface area contributed by atoms with E-state index in [-0.39, 0.29) is 0 Å². The predicted octanol–water partition coefficient (Wildman–Crippen LogP) is 3.03. The van der Waals surface area contributed by atoms with Gasteiger partial charge in [-0.05, 0) is 24.1 Å². The number of hydrogen-bond donors (Lipinski definition) is 1. The molecule has 0 saturated heterocycles. The molecule has 1 rings (SSSR count). The minimum atomic E-state index is -0.586. The zero-order chi connectivity index (χ0) is 9.84. The van der Waals surface area contributed by atoms with Crippen LogP contribution in [0.2, 0.25) is 5.02 Å². The molecule has 0 radical (unpaired) electrons. The Morgan fingerprint density at radius 1 is 1.46 bits per heavy atom. The summed E-state index contributed by atoms with van der Waals surface area (Å²) in [4.78, 5) is 0. The summed E-state index contributed by atoms with van der Waals surface area (Å²) in [6.45, 7) is 1.00. The lowest BCUT2D eigenvalue weighted by Gasteiger charge is -2.04. The second kappa shape index (κ2) is 4.40. The molecule has 70 valence electrons. The molecule has 1 aromatic rings. The maximum atomic E-state index is 13.0. The molecule has 0 bridgehead atoms. The number of benzene rings is 1. The number of hydrogen-bond acceptors (Lipinski definition) is 1. The normalized spacial score (nSPS) is 12.6. The second-order valence-corrected chi connectivity index (χ2v) is 3.08. The summed E-state index contributed by atoms with van der Waals surface area (Å²) in [6.07, 6.45) is 0. The lowest BCUT2D eigenvalue weighted by molar-refractivity contribution is 0.299. The van der Waals surface area contributed by atoms with Crippen LogP contribution in [-0.2, 0) is 0 Å². The fourth-order valence-electron chi connectivity index (χ4n) is 1.03. The lowest BCUT2D eigenvalue weighted by Crippen LogP contribution is -1.89. The molecule has 0 aliphatic carbocycles. The second-order valence-electron chi connectivity index (χ2n) is 2.67. The molecule has 0 atom stereocenters. The van der Waals surface area contributed by atoms with Crippen LogP contribution in [0.3, 0.4) is 0 Å². The smallest absolute Gasteiger partial charge is 0.129 e. The van der Waals surface area contributed by atoms with Crippen molar-refractivity contribution >= 4 is 17.2 Å². The van der Waals surface area contributed by atoms with Gasteiger partial charge in [0.25, 0.3) is 0 Å². The van der Waals surface area contributed by atoms with Crippen molar-refractivity contribution in [1.82, 2.24) is 0 Å². The Morgan fingerprint density at radius 2 is 2.08 bits per heavy atom. The Bertz CT molecular complexity index is 333. The van der Waals surface area contributed by atoms with E-state index in [9.17, 15) is 4.39 Å². The fourth-order valence-corrected chi connectivity index (χ4v) is 1.31. The molecule has 13 heavy (non-hydrogen) atoms. The molecular formula is C10H10ClFO. The Hall–Kier alpha value is -0.860. The number of rotatable bonds is 2. The van der Waals surface area contributed by atoms with Crippen molar-refractivity contribution in [2.45, 2.75) is 6.92 Å². The number of aliphatic hydroxyl groups is 1. The van der Waals surface area contributed by atoms with E-state index in [0.29, 0.717) is 16.2 Å². The largest absolute Gasteiger partial charge is 0.389 e. The van der Waals surface area contributed by atoms with Crippen LogP contribution in [0.5, 0.6) is 0 Å². The van der Waals surface area contributed by atoms with Gasteiger partial charge in [-0.2, -0.15) is 0 Å². The Kier molecular flexibility index (Phi) is 3.46. The lowest BCUT2D eigenvalue weighted by atomic mass is 10.1. The number of allylic oxidation sites excluding steroid dienone is 1. The molecule has 0 aliphatic rings. The standard InChI is InChI=1S/C10H10ClFO/c1-7(10(12)6-13)8-4-2-3-5-9(8)11/h2-5,13H,6H2,1H3/b10-7-. The van der Waals surface area contributed by atoms with Gasteiger partial charge in [0, 0.05) is 5.02 Å². The van der Waals surface area contributed by atoms with E-state index >= 15 is 0 Å². The zero-order valence-corrected chi connectivity index (χ0v) is 7.98. The fraction of sp³-hybridized carbons (Fsp3) is 0.200. The van der Waals surface area contributed by atoms with Gasteiger partial charge in [0.2, 0.25) is 0 Å². The summed E-state index contributed by atoms with van der Waals surface area (Å²) >= 11 is 5.84. The minimum Gasteiger partial charge on any atom is -0.389 e. The third-order valence-electron chi connectivity index (χ3n) is 1.82. The molecule has 0 aromatic heterocycles. The molecule has 1 aromatic carbocycles.